The molecule has 7 heteroatoms. The number of benzene rings is 1. The highest BCUT2D eigenvalue weighted by molar-refractivity contribution is 7.71. The lowest BCUT2D eigenvalue weighted by Crippen LogP contribution is -2.46. The Labute approximate surface area is 145 Å². The normalized spacial score (nSPS) is 16.9. The van der Waals surface area contributed by atoms with Crippen molar-refractivity contribution in [3.63, 3.8) is 0 Å². The molecule has 0 amide bonds. The van der Waals surface area contributed by atoms with Gasteiger partial charge in [0.15, 0.2) is 11.3 Å². The summed E-state index contributed by atoms with van der Waals surface area (Å²) in [6.07, 6.45) is 0. The number of hydrogen-bond donors (Lipinski definition) is 0. The summed E-state index contributed by atoms with van der Waals surface area (Å²) in [7, 11) is 0. The lowest BCUT2D eigenvalue weighted by atomic mass is 10.3. The van der Waals surface area contributed by atoms with Crippen molar-refractivity contribution < 1.29 is 8.94 Å². The van der Waals surface area contributed by atoms with E-state index in [-0.39, 0.29) is 0 Å². The zero-order chi connectivity index (χ0) is 16.5. The first kappa shape index (κ1) is 15.6. The summed E-state index contributed by atoms with van der Waals surface area (Å²) in [6.45, 7) is 7.53. The molecule has 1 saturated heterocycles. The van der Waals surface area contributed by atoms with Gasteiger partial charge < -0.3 is 8.94 Å². The third-order valence-corrected chi connectivity index (χ3v) is 4.74. The molecule has 0 N–H and O–H groups in total. The van der Waals surface area contributed by atoms with Gasteiger partial charge in [0.05, 0.1) is 24.4 Å². The summed E-state index contributed by atoms with van der Waals surface area (Å²) in [5.74, 6) is 0.934. The molecule has 0 radical (unpaired) electrons. The molecule has 1 fully saturated rings. The van der Waals surface area contributed by atoms with Crippen LogP contribution in [0.3, 0.4) is 0 Å². The van der Waals surface area contributed by atoms with E-state index >= 15 is 0 Å². The maximum Gasteiger partial charge on any atom is 0.270 e. The monoisotopic (exact) mass is 344 g/mol. The maximum atomic E-state index is 5.66. The Morgan fingerprint density at radius 3 is 2.62 bits per heavy atom. The molecule has 126 valence electrons. The van der Waals surface area contributed by atoms with Gasteiger partial charge in [0.25, 0.3) is 4.84 Å². The smallest absolute Gasteiger partial charge is 0.270 e. The van der Waals surface area contributed by atoms with Gasteiger partial charge in [-0.1, -0.05) is 17.3 Å². The molecular formula is C17H20N4O2S. The van der Waals surface area contributed by atoms with Crippen LogP contribution in [0.1, 0.15) is 11.5 Å². The second-order valence-electron chi connectivity index (χ2n) is 6.23. The summed E-state index contributed by atoms with van der Waals surface area (Å²) < 4.78 is 13.0. The van der Waals surface area contributed by atoms with E-state index in [1.807, 2.05) is 31.2 Å². The van der Waals surface area contributed by atoms with Crippen LogP contribution in [0, 0.1) is 11.8 Å². The van der Waals surface area contributed by atoms with Gasteiger partial charge in [0.1, 0.15) is 0 Å². The molecule has 0 bridgehead atoms. The fourth-order valence-corrected chi connectivity index (χ4v) is 3.39. The summed E-state index contributed by atoms with van der Waals surface area (Å²) in [4.78, 5) is 5.33. The minimum absolute atomic E-state index is 0.538. The minimum atomic E-state index is 0.538. The number of aromatic nitrogens is 2. The van der Waals surface area contributed by atoms with Gasteiger partial charge in [0, 0.05) is 32.2 Å². The van der Waals surface area contributed by atoms with Crippen LogP contribution < -0.4 is 0 Å². The second kappa shape index (κ2) is 6.51. The number of fused-ring (bicyclic) bond motifs is 1. The van der Waals surface area contributed by atoms with Crippen molar-refractivity contribution in [2.45, 2.75) is 20.1 Å². The zero-order valence-corrected chi connectivity index (χ0v) is 14.5. The largest absolute Gasteiger partial charge is 0.429 e. The standard InChI is InChI=1S/C17H20N4O2S/c1-13-10-14(23-18-13)11-19-6-8-20(9-7-19)12-21-15-4-2-3-5-16(15)22-17(21)24/h2-5,10H,6-9,11-12H2,1H3. The van der Waals surface area contributed by atoms with Crippen LogP contribution >= 0.6 is 12.2 Å². The van der Waals surface area contributed by atoms with E-state index in [2.05, 4.69) is 25.6 Å². The molecule has 0 saturated carbocycles. The number of piperazine rings is 1. The van der Waals surface area contributed by atoms with Gasteiger partial charge in [-0.05, 0) is 31.3 Å². The van der Waals surface area contributed by atoms with E-state index in [1.165, 1.54) is 0 Å². The molecular weight excluding hydrogens is 324 g/mol. The maximum absolute atomic E-state index is 5.66. The van der Waals surface area contributed by atoms with Crippen molar-refractivity contribution in [1.82, 2.24) is 19.5 Å². The number of para-hydroxylation sites is 2. The van der Waals surface area contributed by atoms with E-state index in [1.54, 1.807) is 0 Å². The van der Waals surface area contributed by atoms with Crippen molar-refractivity contribution in [1.29, 1.82) is 0 Å². The van der Waals surface area contributed by atoms with Crippen molar-refractivity contribution in [2.75, 3.05) is 26.2 Å². The molecule has 0 atom stereocenters. The van der Waals surface area contributed by atoms with Crippen LogP contribution in [0.4, 0.5) is 0 Å². The summed E-state index contributed by atoms with van der Waals surface area (Å²) in [5.41, 5.74) is 2.84. The van der Waals surface area contributed by atoms with Gasteiger partial charge >= 0.3 is 0 Å². The lowest BCUT2D eigenvalue weighted by Gasteiger charge is -2.34. The van der Waals surface area contributed by atoms with Crippen LogP contribution in [0.5, 0.6) is 0 Å². The van der Waals surface area contributed by atoms with Gasteiger partial charge in [-0.2, -0.15) is 0 Å². The van der Waals surface area contributed by atoms with Gasteiger partial charge in [-0.3, -0.25) is 14.4 Å². The van der Waals surface area contributed by atoms with Crippen molar-refractivity contribution in [2.24, 2.45) is 0 Å². The number of aryl methyl sites for hydroxylation is 1. The molecule has 2 aromatic heterocycles. The Balaban J connectivity index is 1.39. The number of nitrogens with zero attached hydrogens (tertiary/aromatic N) is 4. The van der Waals surface area contributed by atoms with E-state index in [4.69, 9.17) is 21.2 Å². The predicted molar refractivity (Wildman–Crippen MR) is 93.1 cm³/mol. The number of oxazole rings is 1. The number of rotatable bonds is 4. The van der Waals surface area contributed by atoms with Gasteiger partial charge in [-0.25, -0.2) is 0 Å². The minimum Gasteiger partial charge on any atom is -0.429 e. The number of hydrogen-bond acceptors (Lipinski definition) is 6. The van der Waals surface area contributed by atoms with Crippen LogP contribution in [0.15, 0.2) is 39.3 Å². The third-order valence-electron chi connectivity index (χ3n) is 4.44. The Morgan fingerprint density at radius 2 is 1.88 bits per heavy atom. The quantitative estimate of drug-likeness (QED) is 0.678. The lowest BCUT2D eigenvalue weighted by molar-refractivity contribution is 0.0962. The molecule has 3 aromatic rings. The molecule has 1 aliphatic heterocycles. The van der Waals surface area contributed by atoms with E-state index in [0.29, 0.717) is 4.84 Å². The second-order valence-corrected chi connectivity index (χ2v) is 6.58. The first-order valence-corrected chi connectivity index (χ1v) is 8.55. The Hall–Kier alpha value is -1.96. The fourth-order valence-electron chi connectivity index (χ4n) is 3.15. The molecule has 24 heavy (non-hydrogen) atoms. The van der Waals surface area contributed by atoms with Crippen LogP contribution in [0.25, 0.3) is 11.1 Å². The molecule has 6 nitrogen and oxygen atoms in total. The molecule has 0 unspecified atom stereocenters. The van der Waals surface area contributed by atoms with E-state index < -0.39 is 0 Å². The Morgan fingerprint density at radius 1 is 1.12 bits per heavy atom. The summed E-state index contributed by atoms with van der Waals surface area (Å²) >= 11 is 5.37. The summed E-state index contributed by atoms with van der Waals surface area (Å²) in [5, 5.41) is 3.95. The molecule has 0 aliphatic carbocycles. The molecule has 0 spiro atoms. The van der Waals surface area contributed by atoms with Gasteiger partial charge in [-0.15, -0.1) is 0 Å². The average Bonchev–Trinajstić information content (AvgIpc) is 3.13. The highest BCUT2D eigenvalue weighted by Gasteiger charge is 2.19. The van der Waals surface area contributed by atoms with E-state index in [0.717, 1.165) is 61.9 Å². The van der Waals surface area contributed by atoms with Crippen LogP contribution in [-0.4, -0.2) is 45.7 Å². The Bertz CT molecular complexity index is 889. The topological polar surface area (TPSA) is 50.6 Å². The fraction of sp³-hybridized carbons (Fsp3) is 0.412. The first-order valence-electron chi connectivity index (χ1n) is 8.14. The SMILES string of the molecule is Cc1cc(CN2CCN(Cn3c(=S)oc4ccccc43)CC2)on1. The van der Waals surface area contributed by atoms with Crippen molar-refractivity contribution in [3.8, 4) is 0 Å². The van der Waals surface area contributed by atoms with E-state index in [9.17, 15) is 0 Å². The van der Waals surface area contributed by atoms with Crippen LogP contribution in [-0.2, 0) is 13.2 Å². The van der Waals surface area contributed by atoms with Crippen LogP contribution in [0.2, 0.25) is 0 Å². The van der Waals surface area contributed by atoms with Gasteiger partial charge in [0.2, 0.25) is 0 Å². The highest BCUT2D eigenvalue weighted by Crippen LogP contribution is 2.18. The predicted octanol–water partition coefficient (Wildman–Crippen LogP) is 3.04. The molecule has 3 heterocycles. The molecule has 1 aliphatic rings. The average molecular weight is 344 g/mol. The van der Waals surface area contributed by atoms with Crippen molar-refractivity contribution in [3.05, 3.63) is 46.6 Å². The Kier molecular flexibility index (Phi) is 4.22. The zero-order valence-electron chi connectivity index (χ0n) is 13.6. The first-order chi connectivity index (χ1) is 11.7. The highest BCUT2D eigenvalue weighted by atomic mass is 32.1. The third kappa shape index (κ3) is 3.15. The summed E-state index contributed by atoms with van der Waals surface area (Å²) in [6, 6.07) is 9.99. The van der Waals surface area contributed by atoms with Crippen molar-refractivity contribution >= 4 is 23.3 Å². The molecule has 4 rings (SSSR count). The molecule has 1 aromatic carbocycles.